The summed E-state index contributed by atoms with van der Waals surface area (Å²) in [6.07, 6.45) is 1.70. The average Bonchev–Trinajstić information content (AvgIpc) is 2.67. The number of amides is 1. The maximum atomic E-state index is 12.4. The van der Waals surface area contributed by atoms with Gasteiger partial charge in [-0.25, -0.2) is 9.97 Å². The Labute approximate surface area is 152 Å². The quantitative estimate of drug-likeness (QED) is 0.715. The number of nitrogens with zero attached hydrogens (tertiary/aromatic N) is 3. The molecule has 6 heteroatoms. The number of carbonyl (C=O) groups is 1. The fraction of sp³-hybridized carbons (Fsp3) is 0.200. The third-order valence-electron chi connectivity index (χ3n) is 3.89. The van der Waals surface area contributed by atoms with E-state index < -0.39 is 0 Å². The van der Waals surface area contributed by atoms with Crippen LogP contribution in [0, 0.1) is 6.92 Å². The van der Waals surface area contributed by atoms with E-state index in [1.807, 2.05) is 55.5 Å². The van der Waals surface area contributed by atoms with E-state index in [0.717, 1.165) is 11.3 Å². The zero-order valence-electron chi connectivity index (χ0n) is 14.8. The molecule has 2 aromatic heterocycles. The van der Waals surface area contributed by atoms with Crippen molar-refractivity contribution in [3.63, 3.8) is 0 Å². The third kappa shape index (κ3) is 4.63. The smallest absolute Gasteiger partial charge is 0.270 e. The maximum Gasteiger partial charge on any atom is 0.270 e. The van der Waals surface area contributed by atoms with Crippen LogP contribution < -0.4 is 10.6 Å². The standard InChI is InChI=1S/C20H21N5O/c1-14(16-8-4-3-5-9-16)23-19-12-18(24-15(2)25-19)20(26)22-13-17-10-6-7-11-21-17/h3-12,14H,13H2,1-2H3,(H,22,26)(H,23,24,25). The first-order chi connectivity index (χ1) is 12.6. The van der Waals surface area contributed by atoms with Crippen LogP contribution in [-0.2, 0) is 6.54 Å². The summed E-state index contributed by atoms with van der Waals surface area (Å²) in [7, 11) is 0. The van der Waals surface area contributed by atoms with Crippen molar-refractivity contribution in [2.75, 3.05) is 5.32 Å². The summed E-state index contributed by atoms with van der Waals surface area (Å²) < 4.78 is 0. The largest absolute Gasteiger partial charge is 0.363 e. The highest BCUT2D eigenvalue weighted by Gasteiger charge is 2.12. The number of rotatable bonds is 6. The first-order valence-electron chi connectivity index (χ1n) is 8.47. The average molecular weight is 347 g/mol. The number of carbonyl (C=O) groups excluding carboxylic acids is 1. The number of benzene rings is 1. The number of anilines is 1. The highest BCUT2D eigenvalue weighted by atomic mass is 16.1. The number of hydrogen-bond donors (Lipinski definition) is 2. The van der Waals surface area contributed by atoms with Gasteiger partial charge >= 0.3 is 0 Å². The van der Waals surface area contributed by atoms with Gasteiger partial charge < -0.3 is 10.6 Å². The van der Waals surface area contributed by atoms with Gasteiger partial charge in [0, 0.05) is 18.3 Å². The number of hydrogen-bond acceptors (Lipinski definition) is 5. The number of aromatic nitrogens is 3. The van der Waals surface area contributed by atoms with Crippen LogP contribution in [0.2, 0.25) is 0 Å². The molecule has 2 N–H and O–H groups in total. The molecule has 0 spiro atoms. The lowest BCUT2D eigenvalue weighted by molar-refractivity contribution is 0.0945. The topological polar surface area (TPSA) is 79.8 Å². The van der Waals surface area contributed by atoms with Crippen LogP contribution >= 0.6 is 0 Å². The fourth-order valence-electron chi connectivity index (χ4n) is 2.57. The van der Waals surface area contributed by atoms with Crippen LogP contribution in [0.5, 0.6) is 0 Å². The van der Waals surface area contributed by atoms with Crippen molar-refractivity contribution in [3.05, 3.63) is 83.6 Å². The molecule has 132 valence electrons. The summed E-state index contributed by atoms with van der Waals surface area (Å²) in [6, 6.07) is 17.4. The fourth-order valence-corrected chi connectivity index (χ4v) is 2.57. The zero-order chi connectivity index (χ0) is 18.4. The Hall–Kier alpha value is -3.28. The molecule has 0 aliphatic carbocycles. The monoisotopic (exact) mass is 347 g/mol. The minimum atomic E-state index is -0.253. The molecule has 1 unspecified atom stereocenters. The molecular formula is C20H21N5O. The van der Waals surface area contributed by atoms with Crippen molar-refractivity contribution >= 4 is 11.7 Å². The minimum Gasteiger partial charge on any atom is -0.363 e. The maximum absolute atomic E-state index is 12.4. The lowest BCUT2D eigenvalue weighted by Crippen LogP contribution is -2.25. The van der Waals surface area contributed by atoms with Gasteiger partial charge in [0.2, 0.25) is 0 Å². The lowest BCUT2D eigenvalue weighted by atomic mass is 10.1. The second-order valence-electron chi connectivity index (χ2n) is 5.97. The number of aryl methyl sites for hydroxylation is 1. The molecular weight excluding hydrogens is 326 g/mol. The summed E-state index contributed by atoms with van der Waals surface area (Å²) >= 11 is 0. The summed E-state index contributed by atoms with van der Waals surface area (Å²) in [4.78, 5) is 25.2. The Kier molecular flexibility index (Phi) is 5.53. The van der Waals surface area contributed by atoms with Crippen LogP contribution in [0.4, 0.5) is 5.82 Å². The van der Waals surface area contributed by atoms with E-state index >= 15 is 0 Å². The predicted molar refractivity (Wildman–Crippen MR) is 101 cm³/mol. The Bertz CT molecular complexity index is 868. The molecule has 3 rings (SSSR count). The number of nitrogens with one attached hydrogen (secondary N) is 2. The van der Waals surface area contributed by atoms with Gasteiger partial charge in [0.05, 0.1) is 12.2 Å². The lowest BCUT2D eigenvalue weighted by Gasteiger charge is -2.15. The van der Waals surface area contributed by atoms with E-state index in [9.17, 15) is 4.79 Å². The Morgan fingerprint density at radius 2 is 1.85 bits per heavy atom. The second kappa shape index (κ2) is 8.20. The molecule has 0 aliphatic rings. The van der Waals surface area contributed by atoms with E-state index in [1.54, 1.807) is 19.2 Å². The SMILES string of the molecule is Cc1nc(NC(C)c2ccccc2)cc(C(=O)NCc2ccccn2)n1. The van der Waals surface area contributed by atoms with Crippen molar-refractivity contribution in [1.29, 1.82) is 0 Å². The van der Waals surface area contributed by atoms with Gasteiger partial charge in [-0.2, -0.15) is 0 Å². The Morgan fingerprint density at radius 1 is 1.08 bits per heavy atom. The van der Waals surface area contributed by atoms with E-state index in [4.69, 9.17) is 0 Å². The molecule has 1 aromatic carbocycles. The van der Waals surface area contributed by atoms with Crippen molar-refractivity contribution < 1.29 is 4.79 Å². The summed E-state index contributed by atoms with van der Waals surface area (Å²) in [5.74, 6) is 0.909. The van der Waals surface area contributed by atoms with Crippen LogP contribution in [0.3, 0.4) is 0 Å². The first-order valence-corrected chi connectivity index (χ1v) is 8.47. The van der Waals surface area contributed by atoms with Crippen molar-refractivity contribution in [1.82, 2.24) is 20.3 Å². The van der Waals surface area contributed by atoms with Gasteiger partial charge in [-0.3, -0.25) is 9.78 Å². The normalized spacial score (nSPS) is 11.6. The van der Waals surface area contributed by atoms with Gasteiger partial charge in [0.15, 0.2) is 0 Å². The molecule has 0 saturated heterocycles. The molecule has 0 fully saturated rings. The molecule has 0 bridgehead atoms. The molecule has 1 atom stereocenters. The molecule has 0 aliphatic heterocycles. The molecule has 2 heterocycles. The van der Waals surface area contributed by atoms with Gasteiger partial charge in [-0.1, -0.05) is 36.4 Å². The van der Waals surface area contributed by atoms with Gasteiger partial charge in [-0.15, -0.1) is 0 Å². The highest BCUT2D eigenvalue weighted by molar-refractivity contribution is 5.92. The van der Waals surface area contributed by atoms with Gasteiger partial charge in [0.1, 0.15) is 17.3 Å². The van der Waals surface area contributed by atoms with Gasteiger partial charge in [-0.05, 0) is 31.5 Å². The van der Waals surface area contributed by atoms with Crippen molar-refractivity contribution in [2.24, 2.45) is 0 Å². The second-order valence-corrected chi connectivity index (χ2v) is 5.97. The van der Waals surface area contributed by atoms with Crippen LogP contribution in [0.1, 0.15) is 40.5 Å². The summed E-state index contributed by atoms with van der Waals surface area (Å²) in [5.41, 5.74) is 2.27. The molecule has 1 amide bonds. The third-order valence-corrected chi connectivity index (χ3v) is 3.89. The Balaban J connectivity index is 1.69. The van der Waals surface area contributed by atoms with E-state index in [-0.39, 0.29) is 11.9 Å². The van der Waals surface area contributed by atoms with E-state index in [2.05, 4.69) is 25.6 Å². The molecule has 6 nitrogen and oxygen atoms in total. The van der Waals surface area contributed by atoms with Gasteiger partial charge in [0.25, 0.3) is 5.91 Å². The highest BCUT2D eigenvalue weighted by Crippen LogP contribution is 2.18. The van der Waals surface area contributed by atoms with E-state index in [0.29, 0.717) is 23.9 Å². The molecule has 0 saturated carbocycles. The van der Waals surface area contributed by atoms with Crippen molar-refractivity contribution in [2.45, 2.75) is 26.4 Å². The van der Waals surface area contributed by atoms with E-state index in [1.165, 1.54) is 0 Å². The summed E-state index contributed by atoms with van der Waals surface area (Å²) in [6.45, 7) is 4.17. The molecule has 26 heavy (non-hydrogen) atoms. The predicted octanol–water partition coefficient (Wildman–Crippen LogP) is 3.28. The Morgan fingerprint density at radius 3 is 2.58 bits per heavy atom. The van der Waals surface area contributed by atoms with Crippen molar-refractivity contribution in [3.8, 4) is 0 Å². The number of pyridine rings is 1. The first kappa shape index (κ1) is 17.5. The van der Waals surface area contributed by atoms with Crippen LogP contribution in [0.15, 0.2) is 60.8 Å². The van der Waals surface area contributed by atoms with Crippen LogP contribution in [0.25, 0.3) is 0 Å². The van der Waals surface area contributed by atoms with Crippen LogP contribution in [-0.4, -0.2) is 20.9 Å². The molecule has 0 radical (unpaired) electrons. The summed E-state index contributed by atoms with van der Waals surface area (Å²) in [5, 5.41) is 6.16. The molecule has 3 aromatic rings. The minimum absolute atomic E-state index is 0.0647. The zero-order valence-corrected chi connectivity index (χ0v) is 14.8.